The largest absolute Gasteiger partial charge is 0.394 e. The Morgan fingerprint density at radius 3 is 1.58 bits per heavy atom. The zero-order chi connectivity index (χ0) is 38.8. The van der Waals surface area contributed by atoms with Crippen LogP contribution in [-0.2, 0) is 14.3 Å². The molecule has 1 amide bonds. The molecular weight excluding hydrogens is 670 g/mol. The van der Waals surface area contributed by atoms with E-state index < -0.39 is 49.5 Å². The lowest BCUT2D eigenvalue weighted by atomic mass is 9.99. The maximum absolute atomic E-state index is 12.9. The number of aliphatic hydroxyl groups excluding tert-OH is 5. The van der Waals surface area contributed by atoms with Gasteiger partial charge in [-0.25, -0.2) is 0 Å². The molecule has 53 heavy (non-hydrogen) atoms. The van der Waals surface area contributed by atoms with Crippen molar-refractivity contribution in [2.75, 3.05) is 13.2 Å². The fourth-order valence-electron chi connectivity index (χ4n) is 6.94. The zero-order valence-electron chi connectivity index (χ0n) is 34.0. The van der Waals surface area contributed by atoms with E-state index in [-0.39, 0.29) is 12.5 Å². The molecule has 1 aliphatic rings. The third-order valence-corrected chi connectivity index (χ3v) is 10.5. The van der Waals surface area contributed by atoms with E-state index in [0.717, 1.165) is 38.5 Å². The Labute approximate surface area is 324 Å². The lowest BCUT2D eigenvalue weighted by molar-refractivity contribution is -0.302. The number of ether oxygens (including phenoxy) is 2. The second kappa shape index (κ2) is 35.1. The molecule has 1 heterocycles. The first-order valence-corrected chi connectivity index (χ1v) is 22.1. The average Bonchev–Trinajstić information content (AvgIpc) is 3.16. The number of carbonyl (C=O) groups is 1. The Balaban J connectivity index is 2.40. The van der Waals surface area contributed by atoms with Crippen molar-refractivity contribution in [3.05, 3.63) is 24.3 Å². The van der Waals surface area contributed by atoms with Gasteiger partial charge in [0.05, 0.1) is 25.4 Å². The number of unbranched alkanes of at least 4 members (excludes halogenated alkanes) is 24. The summed E-state index contributed by atoms with van der Waals surface area (Å²) in [6, 6.07) is -0.815. The number of rotatable bonds is 36. The highest BCUT2D eigenvalue weighted by atomic mass is 16.7. The molecule has 9 heteroatoms. The summed E-state index contributed by atoms with van der Waals surface area (Å²) in [6.45, 7) is 3.75. The van der Waals surface area contributed by atoms with Crippen molar-refractivity contribution in [2.45, 2.75) is 236 Å². The Bertz CT molecular complexity index is 883. The van der Waals surface area contributed by atoms with Crippen molar-refractivity contribution in [3.63, 3.8) is 0 Å². The van der Waals surface area contributed by atoms with Crippen LogP contribution < -0.4 is 5.32 Å². The fraction of sp³-hybridized carbons (Fsp3) is 0.886. The monoisotopic (exact) mass is 754 g/mol. The molecule has 1 aliphatic heterocycles. The molecule has 0 radical (unpaired) electrons. The molecular formula is C44H83NO8. The lowest BCUT2D eigenvalue weighted by Gasteiger charge is -2.40. The molecule has 0 aromatic heterocycles. The third-order valence-electron chi connectivity index (χ3n) is 10.5. The predicted octanol–water partition coefficient (Wildman–Crippen LogP) is 8.72. The highest BCUT2D eigenvalue weighted by Crippen LogP contribution is 2.22. The van der Waals surface area contributed by atoms with Crippen LogP contribution in [0.4, 0.5) is 0 Å². The minimum atomic E-state index is -1.57. The molecule has 1 fully saturated rings. The highest BCUT2D eigenvalue weighted by Gasteiger charge is 2.44. The zero-order valence-corrected chi connectivity index (χ0v) is 34.0. The summed E-state index contributed by atoms with van der Waals surface area (Å²) in [5, 5.41) is 54.1. The summed E-state index contributed by atoms with van der Waals surface area (Å²) in [5.41, 5.74) is 0. The molecule has 0 bridgehead atoms. The van der Waals surface area contributed by atoms with E-state index >= 15 is 0 Å². The van der Waals surface area contributed by atoms with Crippen LogP contribution in [0.5, 0.6) is 0 Å². The topological polar surface area (TPSA) is 149 Å². The van der Waals surface area contributed by atoms with E-state index in [9.17, 15) is 30.3 Å². The van der Waals surface area contributed by atoms with Crippen molar-refractivity contribution in [1.29, 1.82) is 0 Å². The third kappa shape index (κ3) is 26.2. The highest BCUT2D eigenvalue weighted by molar-refractivity contribution is 5.76. The second-order valence-corrected chi connectivity index (χ2v) is 15.5. The number of allylic oxidation sites excluding steroid dienone is 3. The van der Waals surface area contributed by atoms with Crippen molar-refractivity contribution < 1.29 is 39.8 Å². The number of amides is 1. The van der Waals surface area contributed by atoms with Gasteiger partial charge in [-0.3, -0.25) is 4.79 Å². The van der Waals surface area contributed by atoms with E-state index in [1.165, 1.54) is 135 Å². The molecule has 0 aromatic rings. The summed E-state index contributed by atoms with van der Waals surface area (Å²) in [7, 11) is 0. The molecule has 312 valence electrons. The number of aliphatic hydroxyl groups is 5. The van der Waals surface area contributed by atoms with Crippen LogP contribution in [-0.4, -0.2) is 87.5 Å². The maximum atomic E-state index is 12.9. The van der Waals surface area contributed by atoms with E-state index in [0.29, 0.717) is 6.42 Å². The quantitative estimate of drug-likeness (QED) is 0.0275. The van der Waals surface area contributed by atoms with Gasteiger partial charge < -0.3 is 40.3 Å². The van der Waals surface area contributed by atoms with Gasteiger partial charge in [0, 0.05) is 6.42 Å². The van der Waals surface area contributed by atoms with Crippen LogP contribution in [0, 0.1) is 0 Å². The molecule has 0 aromatic carbocycles. The van der Waals surface area contributed by atoms with Gasteiger partial charge in [0.15, 0.2) is 6.29 Å². The Morgan fingerprint density at radius 2 is 1.08 bits per heavy atom. The van der Waals surface area contributed by atoms with E-state index in [4.69, 9.17) is 9.47 Å². The Morgan fingerprint density at radius 1 is 0.623 bits per heavy atom. The summed E-state index contributed by atoms with van der Waals surface area (Å²) < 4.78 is 11.2. The predicted molar refractivity (Wildman–Crippen MR) is 217 cm³/mol. The van der Waals surface area contributed by atoms with Crippen LogP contribution in [0.2, 0.25) is 0 Å². The number of nitrogens with one attached hydrogen (secondary N) is 1. The average molecular weight is 754 g/mol. The molecule has 0 spiro atoms. The normalized spacial score (nSPS) is 21.8. The first-order chi connectivity index (χ1) is 25.8. The van der Waals surface area contributed by atoms with Gasteiger partial charge in [-0.05, 0) is 32.1 Å². The summed E-state index contributed by atoms with van der Waals surface area (Å²) in [6.07, 6.45) is 33.6. The van der Waals surface area contributed by atoms with Crippen LogP contribution in [0.3, 0.4) is 0 Å². The van der Waals surface area contributed by atoms with E-state index in [1.54, 1.807) is 6.08 Å². The lowest BCUT2D eigenvalue weighted by Crippen LogP contribution is -2.60. The molecule has 2 unspecified atom stereocenters. The van der Waals surface area contributed by atoms with Gasteiger partial charge in [-0.1, -0.05) is 179 Å². The number of hydrogen-bond donors (Lipinski definition) is 6. The first-order valence-electron chi connectivity index (χ1n) is 22.1. The van der Waals surface area contributed by atoms with Crippen molar-refractivity contribution in [2.24, 2.45) is 0 Å². The minimum Gasteiger partial charge on any atom is -0.394 e. The van der Waals surface area contributed by atoms with Gasteiger partial charge in [0.2, 0.25) is 5.91 Å². The summed E-state index contributed by atoms with van der Waals surface area (Å²) in [4.78, 5) is 12.9. The molecule has 0 saturated carbocycles. The van der Waals surface area contributed by atoms with Crippen LogP contribution in [0.25, 0.3) is 0 Å². The first kappa shape index (κ1) is 49.7. The summed E-state index contributed by atoms with van der Waals surface area (Å²) >= 11 is 0. The Kier molecular flexibility index (Phi) is 32.9. The van der Waals surface area contributed by atoms with Crippen LogP contribution in [0.1, 0.15) is 194 Å². The van der Waals surface area contributed by atoms with E-state index in [2.05, 4.69) is 31.3 Å². The van der Waals surface area contributed by atoms with E-state index in [1.807, 2.05) is 6.08 Å². The number of hydrogen-bond acceptors (Lipinski definition) is 8. The van der Waals surface area contributed by atoms with Crippen molar-refractivity contribution in [1.82, 2.24) is 5.32 Å². The maximum Gasteiger partial charge on any atom is 0.220 e. The molecule has 6 N–H and O–H groups in total. The molecule has 1 saturated heterocycles. The second-order valence-electron chi connectivity index (χ2n) is 15.5. The van der Waals surface area contributed by atoms with Crippen LogP contribution in [0.15, 0.2) is 24.3 Å². The molecule has 1 rings (SSSR count). The fourth-order valence-corrected chi connectivity index (χ4v) is 6.94. The SMILES string of the molecule is CCCCCCCCCC/C=C/CC/C=C/[C@@H](O)[C@H](CO[C@H]1O[C@@H](CO)[C@H](O)C(O)C1O)NC(=O)CCCCCCCCCCCCCCCCCC. The van der Waals surface area contributed by atoms with Crippen molar-refractivity contribution in [3.8, 4) is 0 Å². The molecule has 7 atom stereocenters. The van der Waals surface area contributed by atoms with Gasteiger partial charge in [-0.15, -0.1) is 0 Å². The summed E-state index contributed by atoms with van der Waals surface area (Å²) in [5.74, 6) is -0.186. The van der Waals surface area contributed by atoms with Gasteiger partial charge >= 0.3 is 0 Å². The molecule has 0 aliphatic carbocycles. The van der Waals surface area contributed by atoms with Gasteiger partial charge in [0.25, 0.3) is 0 Å². The van der Waals surface area contributed by atoms with Gasteiger partial charge in [0.1, 0.15) is 24.4 Å². The number of carbonyl (C=O) groups excluding carboxylic acids is 1. The smallest absolute Gasteiger partial charge is 0.220 e. The van der Waals surface area contributed by atoms with Gasteiger partial charge in [-0.2, -0.15) is 0 Å². The van der Waals surface area contributed by atoms with Crippen LogP contribution >= 0.6 is 0 Å². The Hall–Kier alpha value is -1.33. The standard InChI is InChI=1S/C44H83NO8/c1-3-5-7-9-11-13-15-17-19-20-22-24-26-28-30-32-34-40(48)45-37(36-52-44-43(51)42(50)41(49)39(35-46)53-44)38(47)33-31-29-27-25-23-21-18-16-14-12-10-8-6-4-2/h23,25,31,33,37-39,41-44,46-47,49-51H,3-22,24,26-30,32,34-36H2,1-2H3,(H,45,48)/b25-23+,33-31+/t37-,38+,39-,41-,42?,43?,44-/m0/s1. The van der Waals surface area contributed by atoms with Crippen molar-refractivity contribution >= 4 is 5.91 Å². The minimum absolute atomic E-state index is 0.186. The molecule has 9 nitrogen and oxygen atoms in total.